The number of ketones is 1. The number of Topliss-reactive ketones (excluding diaryl/α,β-unsaturated/α-hetero) is 1. The number of hydrogen-bond donors (Lipinski definition) is 2. The van der Waals surface area contributed by atoms with Crippen LogP contribution in [0.3, 0.4) is 0 Å². The van der Waals surface area contributed by atoms with E-state index in [0.29, 0.717) is 43.0 Å². The summed E-state index contributed by atoms with van der Waals surface area (Å²) in [6, 6.07) is 8.52. The van der Waals surface area contributed by atoms with Gasteiger partial charge in [0.1, 0.15) is 17.8 Å². The number of aromatic nitrogens is 3. The molecule has 1 aliphatic rings. The molecule has 37 heavy (non-hydrogen) atoms. The third-order valence-corrected chi connectivity index (χ3v) is 6.66. The minimum atomic E-state index is -0.536. The molecule has 0 radical (unpaired) electrons. The zero-order valence-corrected chi connectivity index (χ0v) is 21.2. The number of benzene rings is 1. The van der Waals surface area contributed by atoms with Crippen LogP contribution >= 0.6 is 0 Å². The number of ether oxygens (including phenoxy) is 1. The number of hydrogen-bond acceptors (Lipinski definition) is 7. The molecule has 0 spiro atoms. The number of fused-ring (bicyclic) bond motifs is 1. The molecule has 3 aromatic rings. The van der Waals surface area contributed by atoms with E-state index < -0.39 is 18.1 Å². The zero-order chi connectivity index (χ0) is 26.7. The van der Waals surface area contributed by atoms with Crippen molar-refractivity contribution < 1.29 is 24.2 Å². The first-order chi connectivity index (χ1) is 17.8. The van der Waals surface area contributed by atoms with Crippen molar-refractivity contribution >= 4 is 28.6 Å². The molecule has 2 amide bonds. The number of likely N-dealkylation sites (tertiary alicyclic amines) is 1. The standard InChI is InChI=1S/C26H31N5O6/c1-4-37-23-21-24(27-16(2)31(26(21)36)14-19(33)17-8-6-5-7-9-17)29(3)22(23)25(35)28-18-10-12-30(13-11-18)20(34)15-32/h5-9,18,32H,4,10-15H2,1-3H3,(H,28,35). The van der Waals surface area contributed by atoms with Crippen molar-refractivity contribution in [2.45, 2.75) is 39.3 Å². The second-order valence-electron chi connectivity index (χ2n) is 8.99. The summed E-state index contributed by atoms with van der Waals surface area (Å²) in [7, 11) is 1.65. The monoisotopic (exact) mass is 509 g/mol. The molecule has 11 nitrogen and oxygen atoms in total. The Bertz CT molecular complexity index is 1390. The minimum Gasteiger partial charge on any atom is -0.490 e. The van der Waals surface area contributed by atoms with Crippen LogP contribution in [-0.2, 0) is 18.4 Å². The van der Waals surface area contributed by atoms with Gasteiger partial charge in [0.05, 0.1) is 13.2 Å². The second kappa shape index (κ2) is 11.0. The highest BCUT2D eigenvalue weighted by molar-refractivity contribution is 6.03. The number of aryl methyl sites for hydroxylation is 2. The van der Waals surface area contributed by atoms with Crippen molar-refractivity contribution in [1.82, 2.24) is 24.3 Å². The summed E-state index contributed by atoms with van der Waals surface area (Å²) in [6.07, 6.45) is 1.08. The van der Waals surface area contributed by atoms with E-state index in [2.05, 4.69) is 10.3 Å². The van der Waals surface area contributed by atoms with E-state index >= 15 is 0 Å². The van der Waals surface area contributed by atoms with Crippen molar-refractivity contribution in [1.29, 1.82) is 0 Å². The normalized spacial score (nSPS) is 14.1. The van der Waals surface area contributed by atoms with Gasteiger partial charge in [-0.25, -0.2) is 4.98 Å². The molecule has 0 unspecified atom stereocenters. The minimum absolute atomic E-state index is 0.129. The fourth-order valence-corrected chi connectivity index (χ4v) is 4.68. The molecule has 1 aliphatic heterocycles. The second-order valence-corrected chi connectivity index (χ2v) is 8.99. The highest BCUT2D eigenvalue weighted by Crippen LogP contribution is 2.30. The predicted molar refractivity (Wildman–Crippen MR) is 136 cm³/mol. The molecular weight excluding hydrogens is 478 g/mol. The molecule has 3 heterocycles. The molecular formula is C26H31N5O6. The Balaban J connectivity index is 1.67. The Morgan fingerprint density at radius 1 is 1.16 bits per heavy atom. The quantitative estimate of drug-likeness (QED) is 0.433. The lowest BCUT2D eigenvalue weighted by atomic mass is 10.0. The van der Waals surface area contributed by atoms with Crippen molar-refractivity contribution in [3.05, 3.63) is 57.8 Å². The number of aliphatic hydroxyl groups is 1. The summed E-state index contributed by atoms with van der Waals surface area (Å²) in [5.41, 5.74) is 0.490. The Hall–Kier alpha value is -3.99. The van der Waals surface area contributed by atoms with E-state index in [-0.39, 0.29) is 47.7 Å². The van der Waals surface area contributed by atoms with E-state index in [1.54, 1.807) is 50.1 Å². The van der Waals surface area contributed by atoms with Crippen LogP contribution in [-0.4, -0.2) is 74.1 Å². The summed E-state index contributed by atoms with van der Waals surface area (Å²) in [5.74, 6) is -0.507. The number of rotatable bonds is 8. The van der Waals surface area contributed by atoms with Gasteiger partial charge in [-0.3, -0.25) is 23.7 Å². The lowest BCUT2D eigenvalue weighted by Crippen LogP contribution is -2.47. The zero-order valence-electron chi connectivity index (χ0n) is 21.2. The van der Waals surface area contributed by atoms with Crippen LogP contribution < -0.4 is 15.6 Å². The maximum absolute atomic E-state index is 13.6. The maximum Gasteiger partial charge on any atom is 0.272 e. The summed E-state index contributed by atoms with van der Waals surface area (Å²) in [5, 5.41) is 12.2. The SMILES string of the molecule is CCOc1c(C(=O)NC2CCN(C(=O)CO)CC2)n(C)c2nc(C)n(CC(=O)c3ccccc3)c(=O)c12. The highest BCUT2D eigenvalue weighted by atomic mass is 16.5. The lowest BCUT2D eigenvalue weighted by molar-refractivity contribution is -0.135. The summed E-state index contributed by atoms with van der Waals surface area (Å²) >= 11 is 0. The Morgan fingerprint density at radius 3 is 2.46 bits per heavy atom. The van der Waals surface area contributed by atoms with Gasteiger partial charge >= 0.3 is 0 Å². The first-order valence-corrected chi connectivity index (χ1v) is 12.3. The molecule has 0 atom stereocenters. The van der Waals surface area contributed by atoms with Crippen molar-refractivity contribution in [2.24, 2.45) is 7.05 Å². The molecule has 2 aromatic heterocycles. The van der Waals surface area contributed by atoms with Gasteiger partial charge < -0.3 is 24.6 Å². The number of nitrogens with one attached hydrogen (secondary N) is 1. The van der Waals surface area contributed by atoms with Crippen molar-refractivity contribution in [3.63, 3.8) is 0 Å². The fourth-order valence-electron chi connectivity index (χ4n) is 4.68. The molecule has 0 bridgehead atoms. The summed E-state index contributed by atoms with van der Waals surface area (Å²) < 4.78 is 8.65. The molecule has 0 saturated carbocycles. The number of carbonyl (C=O) groups is 3. The smallest absolute Gasteiger partial charge is 0.272 e. The van der Waals surface area contributed by atoms with Crippen LogP contribution in [0.4, 0.5) is 0 Å². The number of aliphatic hydroxyl groups excluding tert-OH is 1. The summed E-state index contributed by atoms with van der Waals surface area (Å²) in [6.45, 7) is 3.76. The molecule has 1 saturated heterocycles. The van der Waals surface area contributed by atoms with Gasteiger partial charge in [0, 0.05) is 31.7 Å². The number of carbonyl (C=O) groups excluding carboxylic acids is 3. The van der Waals surface area contributed by atoms with Gasteiger partial charge in [-0.15, -0.1) is 0 Å². The van der Waals surface area contributed by atoms with Crippen LogP contribution in [0.2, 0.25) is 0 Å². The number of piperidine rings is 1. The van der Waals surface area contributed by atoms with E-state index in [4.69, 9.17) is 9.84 Å². The first-order valence-electron chi connectivity index (χ1n) is 12.3. The lowest BCUT2D eigenvalue weighted by Gasteiger charge is -2.32. The Kier molecular flexibility index (Phi) is 7.72. The van der Waals surface area contributed by atoms with Crippen LogP contribution in [0.1, 0.15) is 46.4 Å². The third kappa shape index (κ3) is 5.12. The average Bonchev–Trinajstić information content (AvgIpc) is 3.18. The summed E-state index contributed by atoms with van der Waals surface area (Å²) in [4.78, 5) is 57.7. The number of amides is 2. The van der Waals surface area contributed by atoms with Gasteiger partial charge in [0.15, 0.2) is 22.9 Å². The topological polar surface area (TPSA) is 136 Å². The maximum atomic E-state index is 13.6. The van der Waals surface area contributed by atoms with Crippen molar-refractivity contribution in [3.8, 4) is 5.75 Å². The molecule has 4 rings (SSSR count). The van der Waals surface area contributed by atoms with Crippen molar-refractivity contribution in [2.75, 3.05) is 26.3 Å². The largest absolute Gasteiger partial charge is 0.490 e. The van der Waals surface area contributed by atoms with Crippen LogP contribution in [0.25, 0.3) is 11.0 Å². The third-order valence-electron chi connectivity index (χ3n) is 6.66. The van der Waals surface area contributed by atoms with E-state index in [1.165, 1.54) is 9.13 Å². The van der Waals surface area contributed by atoms with E-state index in [1.807, 2.05) is 6.07 Å². The van der Waals surface area contributed by atoms with E-state index in [0.717, 1.165) is 0 Å². The van der Waals surface area contributed by atoms with Gasteiger partial charge in [0.25, 0.3) is 11.5 Å². The molecule has 11 heteroatoms. The Labute approximate surface area is 213 Å². The van der Waals surface area contributed by atoms with Gasteiger partial charge in [-0.05, 0) is 26.7 Å². The molecule has 0 aliphatic carbocycles. The molecule has 1 fully saturated rings. The van der Waals surface area contributed by atoms with Gasteiger partial charge in [-0.1, -0.05) is 30.3 Å². The Morgan fingerprint density at radius 2 is 1.84 bits per heavy atom. The van der Waals surface area contributed by atoms with E-state index in [9.17, 15) is 19.2 Å². The fraction of sp³-hybridized carbons (Fsp3) is 0.423. The molecule has 1 aromatic carbocycles. The van der Waals surface area contributed by atoms with Crippen LogP contribution in [0.15, 0.2) is 35.1 Å². The average molecular weight is 510 g/mol. The predicted octanol–water partition coefficient (Wildman–Crippen LogP) is 1.04. The van der Waals surface area contributed by atoms with Gasteiger partial charge in [0.2, 0.25) is 5.91 Å². The number of nitrogens with zero attached hydrogens (tertiary/aromatic N) is 4. The first kappa shape index (κ1) is 26.1. The van der Waals surface area contributed by atoms with Crippen LogP contribution in [0.5, 0.6) is 5.75 Å². The van der Waals surface area contributed by atoms with Crippen LogP contribution in [0, 0.1) is 6.92 Å². The van der Waals surface area contributed by atoms with Gasteiger partial charge in [-0.2, -0.15) is 0 Å². The highest BCUT2D eigenvalue weighted by Gasteiger charge is 2.30. The molecule has 196 valence electrons. The molecule has 2 N–H and O–H groups in total.